The average molecular weight is 381 g/mol. The van der Waals surface area contributed by atoms with Crippen LogP contribution in [-0.2, 0) is 9.53 Å². The zero-order chi connectivity index (χ0) is 18.4. The van der Waals surface area contributed by atoms with Gasteiger partial charge in [0.1, 0.15) is 5.82 Å². The van der Waals surface area contributed by atoms with Crippen LogP contribution in [0.4, 0.5) is 10.1 Å². The number of carbonyl (C=O) groups is 1. The monoisotopic (exact) mass is 381 g/mol. The van der Waals surface area contributed by atoms with Gasteiger partial charge in [-0.3, -0.25) is 4.79 Å². The van der Waals surface area contributed by atoms with E-state index in [0.29, 0.717) is 12.2 Å². The Balaban J connectivity index is 1.35. The Hall–Kier alpha value is -1.77. The van der Waals surface area contributed by atoms with Crippen molar-refractivity contribution in [2.24, 2.45) is 0 Å². The Morgan fingerprint density at radius 3 is 2.69 bits per heavy atom. The minimum atomic E-state index is -0.311. The van der Waals surface area contributed by atoms with Crippen molar-refractivity contribution >= 4 is 28.9 Å². The van der Waals surface area contributed by atoms with E-state index >= 15 is 0 Å². The smallest absolute Gasteiger partial charge is 0.279 e. The molecule has 1 amide bonds. The molecule has 1 atom stereocenters. The average Bonchev–Trinajstić information content (AvgIpc) is 3.16. The van der Waals surface area contributed by atoms with E-state index in [-0.39, 0.29) is 17.8 Å². The van der Waals surface area contributed by atoms with E-state index in [2.05, 4.69) is 15.5 Å². The number of anilines is 1. The quantitative estimate of drug-likeness (QED) is 0.628. The third kappa shape index (κ3) is 5.62. The first-order chi connectivity index (χ1) is 12.6. The van der Waals surface area contributed by atoms with Crippen molar-refractivity contribution in [1.82, 2.24) is 10.2 Å². The molecule has 0 spiro atoms. The number of quaternary nitrogens is 1. The fraction of sp³-hybridized carbons (Fsp3) is 0.556. The van der Waals surface area contributed by atoms with Gasteiger partial charge in [-0.15, -0.1) is 0 Å². The Kier molecular flexibility index (Phi) is 6.76. The van der Waals surface area contributed by atoms with Gasteiger partial charge in [-0.25, -0.2) is 4.39 Å². The van der Waals surface area contributed by atoms with Crippen LogP contribution in [0.5, 0.6) is 0 Å². The second kappa shape index (κ2) is 9.25. The van der Waals surface area contributed by atoms with Crippen LogP contribution in [0.15, 0.2) is 24.3 Å². The van der Waals surface area contributed by atoms with Gasteiger partial charge in [-0.05, 0) is 49.3 Å². The Bertz CT molecular complexity index is 614. The molecular weight excluding hydrogens is 355 g/mol. The maximum absolute atomic E-state index is 12.9. The molecule has 0 saturated carbocycles. The molecule has 6 nitrogen and oxygen atoms in total. The normalized spacial score (nSPS) is 20.8. The number of amides is 1. The first kappa shape index (κ1) is 19.0. The second-order valence-corrected chi connectivity index (χ2v) is 7.18. The SMILES string of the molecule is O=C(C[NH+]1CCN(C(=S)NC[C@H]2CCCO2)CC1)Nc1ccc(F)cc1. The van der Waals surface area contributed by atoms with Gasteiger partial charge in [0.15, 0.2) is 11.7 Å². The summed E-state index contributed by atoms with van der Waals surface area (Å²) in [6.45, 7) is 5.40. The van der Waals surface area contributed by atoms with E-state index in [9.17, 15) is 9.18 Å². The van der Waals surface area contributed by atoms with E-state index in [1.807, 2.05) is 0 Å². The molecule has 0 aliphatic carbocycles. The highest BCUT2D eigenvalue weighted by Crippen LogP contribution is 2.10. The summed E-state index contributed by atoms with van der Waals surface area (Å²) in [5.41, 5.74) is 0.619. The van der Waals surface area contributed by atoms with E-state index < -0.39 is 0 Å². The summed E-state index contributed by atoms with van der Waals surface area (Å²) in [6, 6.07) is 5.81. The highest BCUT2D eigenvalue weighted by molar-refractivity contribution is 7.80. The number of rotatable bonds is 5. The standard InChI is InChI=1S/C18H25FN4O2S/c19-14-3-5-15(6-4-14)21-17(24)13-22-7-9-23(10-8-22)18(26)20-12-16-2-1-11-25-16/h3-6,16H,1-2,7-13H2,(H,20,26)(H,21,24)/p+1/t16-/m1/s1. The number of piperazine rings is 1. The highest BCUT2D eigenvalue weighted by Gasteiger charge is 2.24. The predicted molar refractivity (Wildman–Crippen MR) is 102 cm³/mol. The molecule has 2 saturated heterocycles. The molecule has 3 N–H and O–H groups in total. The summed E-state index contributed by atoms with van der Waals surface area (Å²) in [7, 11) is 0. The first-order valence-electron chi connectivity index (χ1n) is 9.13. The van der Waals surface area contributed by atoms with Crippen molar-refractivity contribution in [3.63, 3.8) is 0 Å². The van der Waals surface area contributed by atoms with Crippen LogP contribution in [0, 0.1) is 5.82 Å². The van der Waals surface area contributed by atoms with Crippen LogP contribution >= 0.6 is 12.2 Å². The largest absolute Gasteiger partial charge is 0.376 e. The fourth-order valence-corrected chi connectivity index (χ4v) is 3.55. The molecule has 26 heavy (non-hydrogen) atoms. The third-order valence-corrected chi connectivity index (χ3v) is 5.20. The lowest BCUT2D eigenvalue weighted by Gasteiger charge is -2.33. The summed E-state index contributed by atoms with van der Waals surface area (Å²) in [5, 5.41) is 6.88. The van der Waals surface area contributed by atoms with Crippen LogP contribution in [0.3, 0.4) is 0 Å². The van der Waals surface area contributed by atoms with Crippen LogP contribution in [0.1, 0.15) is 12.8 Å². The van der Waals surface area contributed by atoms with Crippen molar-refractivity contribution in [2.45, 2.75) is 18.9 Å². The van der Waals surface area contributed by atoms with Crippen molar-refractivity contribution in [3.8, 4) is 0 Å². The number of halogens is 1. The number of thiocarbonyl (C=S) groups is 1. The predicted octanol–water partition coefficient (Wildman–Crippen LogP) is 0.0182. The first-order valence-corrected chi connectivity index (χ1v) is 9.54. The van der Waals surface area contributed by atoms with Gasteiger partial charge < -0.3 is 25.2 Å². The molecule has 0 unspecified atom stereocenters. The molecule has 2 fully saturated rings. The molecule has 1 aromatic carbocycles. The van der Waals surface area contributed by atoms with Crippen molar-refractivity contribution < 1.29 is 18.8 Å². The molecule has 0 aromatic heterocycles. The summed E-state index contributed by atoms with van der Waals surface area (Å²) in [5.74, 6) is -0.368. The maximum atomic E-state index is 12.9. The highest BCUT2D eigenvalue weighted by atomic mass is 32.1. The van der Waals surface area contributed by atoms with Crippen LogP contribution in [0.25, 0.3) is 0 Å². The maximum Gasteiger partial charge on any atom is 0.279 e. The molecule has 3 rings (SSSR count). The van der Waals surface area contributed by atoms with Gasteiger partial charge in [0.05, 0.1) is 32.3 Å². The lowest BCUT2D eigenvalue weighted by molar-refractivity contribution is -0.895. The van der Waals surface area contributed by atoms with Gasteiger partial charge in [-0.1, -0.05) is 0 Å². The molecule has 0 bridgehead atoms. The number of nitrogens with zero attached hydrogens (tertiary/aromatic N) is 1. The zero-order valence-electron chi connectivity index (χ0n) is 14.8. The number of hydrogen-bond donors (Lipinski definition) is 3. The third-order valence-electron chi connectivity index (χ3n) is 4.80. The Morgan fingerprint density at radius 1 is 1.31 bits per heavy atom. The molecule has 8 heteroatoms. The van der Waals surface area contributed by atoms with Crippen molar-refractivity contribution in [3.05, 3.63) is 30.1 Å². The van der Waals surface area contributed by atoms with Gasteiger partial charge in [0.2, 0.25) is 0 Å². The Labute approximate surface area is 158 Å². The van der Waals surface area contributed by atoms with Gasteiger partial charge in [-0.2, -0.15) is 0 Å². The van der Waals surface area contributed by atoms with Gasteiger partial charge >= 0.3 is 0 Å². The molecule has 2 heterocycles. The van der Waals surface area contributed by atoms with E-state index in [1.165, 1.54) is 17.0 Å². The second-order valence-electron chi connectivity index (χ2n) is 6.79. The van der Waals surface area contributed by atoms with Gasteiger partial charge in [0.25, 0.3) is 5.91 Å². The van der Waals surface area contributed by atoms with E-state index in [1.54, 1.807) is 12.1 Å². The fourth-order valence-electron chi connectivity index (χ4n) is 3.29. The minimum absolute atomic E-state index is 0.0564. The van der Waals surface area contributed by atoms with Crippen LogP contribution < -0.4 is 15.5 Å². The summed E-state index contributed by atoms with van der Waals surface area (Å²) in [6.07, 6.45) is 2.49. The van der Waals surface area contributed by atoms with Crippen molar-refractivity contribution in [2.75, 3.05) is 51.2 Å². The van der Waals surface area contributed by atoms with Gasteiger partial charge in [0, 0.05) is 18.8 Å². The number of ether oxygens (including phenoxy) is 1. The topological polar surface area (TPSA) is 58.0 Å². The van der Waals surface area contributed by atoms with E-state index in [4.69, 9.17) is 17.0 Å². The number of carbonyl (C=O) groups excluding carboxylic acids is 1. The molecule has 2 aliphatic heterocycles. The summed E-state index contributed by atoms with van der Waals surface area (Å²) < 4.78 is 18.5. The minimum Gasteiger partial charge on any atom is -0.376 e. The molecular formula is C18H26FN4O2S+. The van der Waals surface area contributed by atoms with E-state index in [0.717, 1.165) is 57.3 Å². The molecule has 2 aliphatic rings. The summed E-state index contributed by atoms with van der Waals surface area (Å²) in [4.78, 5) is 15.5. The zero-order valence-corrected chi connectivity index (χ0v) is 15.6. The Morgan fingerprint density at radius 2 is 2.04 bits per heavy atom. The van der Waals surface area contributed by atoms with Crippen molar-refractivity contribution in [1.29, 1.82) is 0 Å². The van der Waals surface area contributed by atoms with Crippen LogP contribution in [0.2, 0.25) is 0 Å². The number of hydrogen-bond acceptors (Lipinski definition) is 3. The number of nitrogens with one attached hydrogen (secondary N) is 3. The lowest BCUT2D eigenvalue weighted by Crippen LogP contribution is -3.15. The summed E-state index contributed by atoms with van der Waals surface area (Å²) >= 11 is 5.47. The molecule has 1 aromatic rings. The molecule has 0 radical (unpaired) electrons. The van der Waals surface area contributed by atoms with Crippen LogP contribution in [-0.4, -0.2) is 67.9 Å². The number of benzene rings is 1. The molecule has 142 valence electrons. The lowest BCUT2D eigenvalue weighted by atomic mass is 10.2.